The summed E-state index contributed by atoms with van der Waals surface area (Å²) < 4.78 is 5.72. The number of rotatable bonds is 13. The van der Waals surface area contributed by atoms with Gasteiger partial charge in [-0.3, -0.25) is 25.0 Å². The molecule has 0 bridgehead atoms. The molecule has 3 atom stereocenters. The summed E-state index contributed by atoms with van der Waals surface area (Å²) in [5.41, 5.74) is 1.77. The van der Waals surface area contributed by atoms with Gasteiger partial charge in [0.25, 0.3) is 0 Å². The minimum absolute atomic E-state index is 0.261. The third kappa shape index (κ3) is 9.25. The van der Waals surface area contributed by atoms with Crippen molar-refractivity contribution >= 4 is 17.7 Å². The van der Waals surface area contributed by atoms with Gasteiger partial charge in [-0.05, 0) is 50.3 Å². The third-order valence-electron chi connectivity index (χ3n) is 5.88. The minimum Gasteiger partial charge on any atom is -0.480 e. The molecular weight excluding hydrogens is 480 g/mol. The van der Waals surface area contributed by atoms with Crippen LogP contribution in [0.4, 0.5) is 0 Å². The molecule has 0 heterocycles. The lowest BCUT2D eigenvalue weighted by Crippen LogP contribution is -2.53. The Morgan fingerprint density at radius 2 is 1.24 bits per heavy atom. The molecule has 0 saturated carbocycles. The Morgan fingerprint density at radius 3 is 1.71 bits per heavy atom. The number of ketones is 1. The number of ether oxygens (including phenoxy) is 1. The highest BCUT2D eigenvalue weighted by atomic mass is 16.6. The average molecular weight is 517 g/mol. The molecule has 3 aromatic rings. The number of aliphatic carboxylic acids is 1. The van der Waals surface area contributed by atoms with Crippen LogP contribution >= 0.6 is 0 Å². The number of benzene rings is 3. The summed E-state index contributed by atoms with van der Waals surface area (Å²) in [4.78, 5) is 38.8. The molecule has 3 aromatic carbocycles. The second-order valence-electron chi connectivity index (χ2n) is 10.2. The minimum atomic E-state index is -1.07. The molecule has 200 valence electrons. The van der Waals surface area contributed by atoms with E-state index in [0.717, 1.165) is 11.1 Å². The van der Waals surface area contributed by atoms with Crippen LogP contribution in [0.5, 0.6) is 0 Å². The molecule has 0 fully saturated rings. The summed E-state index contributed by atoms with van der Waals surface area (Å²) in [6, 6.07) is 25.6. The maximum Gasteiger partial charge on any atom is 0.324 e. The highest BCUT2D eigenvalue weighted by Gasteiger charge is 2.34. The van der Waals surface area contributed by atoms with E-state index < -0.39 is 35.7 Å². The van der Waals surface area contributed by atoms with Crippen molar-refractivity contribution in [3.8, 4) is 0 Å². The van der Waals surface area contributed by atoms with Gasteiger partial charge in [0.15, 0.2) is 5.78 Å². The molecule has 0 saturated heterocycles. The van der Waals surface area contributed by atoms with Gasteiger partial charge in [-0.25, -0.2) is 0 Å². The maximum absolute atomic E-state index is 14.1. The van der Waals surface area contributed by atoms with E-state index in [4.69, 9.17) is 4.74 Å². The molecule has 0 amide bonds. The molecule has 38 heavy (non-hydrogen) atoms. The Kier molecular flexibility index (Phi) is 10.3. The zero-order chi connectivity index (χ0) is 27.5. The molecule has 3 rings (SSSR count). The van der Waals surface area contributed by atoms with Crippen LogP contribution in [0, 0.1) is 0 Å². The molecule has 0 aliphatic rings. The van der Waals surface area contributed by atoms with Gasteiger partial charge in [0.1, 0.15) is 11.6 Å². The first-order valence-corrected chi connectivity index (χ1v) is 12.7. The molecule has 0 radical (unpaired) electrons. The smallest absolute Gasteiger partial charge is 0.324 e. The Labute approximate surface area is 224 Å². The maximum atomic E-state index is 14.1. The van der Waals surface area contributed by atoms with Crippen LogP contribution in [-0.2, 0) is 32.0 Å². The van der Waals surface area contributed by atoms with Crippen LogP contribution in [-0.4, -0.2) is 47.1 Å². The van der Waals surface area contributed by atoms with Crippen molar-refractivity contribution in [3.63, 3.8) is 0 Å². The number of esters is 1. The van der Waals surface area contributed by atoms with Crippen LogP contribution in [0.2, 0.25) is 0 Å². The average Bonchev–Trinajstić information content (AvgIpc) is 2.88. The summed E-state index contributed by atoms with van der Waals surface area (Å²) in [6.45, 7) is 5.03. The SMILES string of the molecule is CC(C)(C)OC(=O)[C@H](Cc1ccccc1)NC(Cc1ccccc1)C(=O)C(NCC(=O)O)c1ccccc1. The van der Waals surface area contributed by atoms with Gasteiger partial charge in [-0.2, -0.15) is 0 Å². The number of carbonyl (C=O) groups is 3. The largest absolute Gasteiger partial charge is 0.480 e. The predicted molar refractivity (Wildman–Crippen MR) is 147 cm³/mol. The molecule has 2 unspecified atom stereocenters. The molecular formula is C31H36N2O5. The Hall–Kier alpha value is -3.81. The first kappa shape index (κ1) is 28.8. The van der Waals surface area contributed by atoms with Gasteiger partial charge in [0, 0.05) is 0 Å². The molecule has 7 nitrogen and oxygen atoms in total. The van der Waals surface area contributed by atoms with Crippen molar-refractivity contribution in [3.05, 3.63) is 108 Å². The van der Waals surface area contributed by atoms with Crippen molar-refractivity contribution in [2.75, 3.05) is 6.54 Å². The molecule has 0 spiro atoms. The fourth-order valence-corrected chi connectivity index (χ4v) is 4.19. The third-order valence-corrected chi connectivity index (χ3v) is 5.88. The van der Waals surface area contributed by atoms with E-state index in [-0.39, 0.29) is 12.3 Å². The second kappa shape index (κ2) is 13.7. The summed E-state index contributed by atoms with van der Waals surface area (Å²) in [5, 5.41) is 15.5. The summed E-state index contributed by atoms with van der Waals surface area (Å²) in [6.07, 6.45) is 0.638. The van der Waals surface area contributed by atoms with Gasteiger partial charge in [0.2, 0.25) is 0 Å². The molecule has 0 aliphatic carbocycles. The zero-order valence-corrected chi connectivity index (χ0v) is 22.1. The Balaban J connectivity index is 1.97. The van der Waals surface area contributed by atoms with Gasteiger partial charge < -0.3 is 9.84 Å². The highest BCUT2D eigenvalue weighted by molar-refractivity contribution is 5.91. The standard InChI is InChI=1S/C31H36N2O5/c1-31(2,3)38-30(37)26(20-23-15-9-5-10-16-23)33-25(19-22-13-7-4-8-14-22)29(36)28(32-21-27(34)35)24-17-11-6-12-18-24/h4-18,25-26,28,32-33H,19-21H2,1-3H3,(H,34,35)/t25?,26-,28?/m0/s1. The number of nitrogens with one attached hydrogen (secondary N) is 2. The number of hydrogen-bond donors (Lipinski definition) is 3. The van der Waals surface area contributed by atoms with E-state index in [2.05, 4.69) is 10.6 Å². The predicted octanol–water partition coefficient (Wildman–Crippen LogP) is 4.12. The lowest BCUT2D eigenvalue weighted by atomic mass is 9.92. The number of carbonyl (C=O) groups excluding carboxylic acids is 2. The van der Waals surface area contributed by atoms with Gasteiger partial charge in [0.05, 0.1) is 18.6 Å². The normalized spacial score (nSPS) is 13.8. The van der Waals surface area contributed by atoms with E-state index in [9.17, 15) is 19.5 Å². The first-order valence-electron chi connectivity index (χ1n) is 12.7. The molecule has 0 aromatic heterocycles. The van der Waals surface area contributed by atoms with Crippen LogP contribution in [0.3, 0.4) is 0 Å². The number of carboxylic acids is 1. The van der Waals surface area contributed by atoms with E-state index in [1.807, 2.05) is 66.7 Å². The molecule has 7 heteroatoms. The van der Waals surface area contributed by atoms with Crippen LogP contribution < -0.4 is 10.6 Å². The monoisotopic (exact) mass is 516 g/mol. The lowest BCUT2D eigenvalue weighted by molar-refractivity contribution is -0.157. The van der Waals surface area contributed by atoms with Gasteiger partial charge in [-0.15, -0.1) is 0 Å². The van der Waals surface area contributed by atoms with E-state index >= 15 is 0 Å². The lowest BCUT2D eigenvalue weighted by Gasteiger charge is -2.30. The fraction of sp³-hybridized carbons (Fsp3) is 0.323. The van der Waals surface area contributed by atoms with E-state index in [1.54, 1.807) is 45.0 Å². The van der Waals surface area contributed by atoms with Crippen LogP contribution in [0.25, 0.3) is 0 Å². The highest BCUT2D eigenvalue weighted by Crippen LogP contribution is 2.19. The number of carboxylic acid groups (broad SMARTS) is 1. The van der Waals surface area contributed by atoms with Gasteiger partial charge in [-0.1, -0.05) is 91.0 Å². The van der Waals surface area contributed by atoms with Crippen LogP contribution in [0.15, 0.2) is 91.0 Å². The summed E-state index contributed by atoms with van der Waals surface area (Å²) >= 11 is 0. The van der Waals surface area contributed by atoms with E-state index in [1.165, 1.54) is 0 Å². The number of hydrogen-bond acceptors (Lipinski definition) is 6. The summed E-state index contributed by atoms with van der Waals surface area (Å²) in [7, 11) is 0. The Morgan fingerprint density at radius 1 is 0.763 bits per heavy atom. The van der Waals surface area contributed by atoms with Crippen molar-refractivity contribution < 1.29 is 24.2 Å². The van der Waals surface area contributed by atoms with Crippen molar-refractivity contribution in [1.82, 2.24) is 10.6 Å². The second-order valence-corrected chi connectivity index (χ2v) is 10.2. The van der Waals surface area contributed by atoms with Crippen LogP contribution in [0.1, 0.15) is 43.5 Å². The van der Waals surface area contributed by atoms with Gasteiger partial charge >= 0.3 is 11.9 Å². The van der Waals surface area contributed by atoms with Crippen molar-refractivity contribution in [1.29, 1.82) is 0 Å². The molecule has 0 aliphatic heterocycles. The Bertz CT molecular complexity index is 1180. The number of Topliss-reactive ketones (excluding diaryl/α,β-unsaturated/α-hetero) is 1. The van der Waals surface area contributed by atoms with Crippen molar-refractivity contribution in [2.24, 2.45) is 0 Å². The fourth-order valence-electron chi connectivity index (χ4n) is 4.19. The summed E-state index contributed by atoms with van der Waals surface area (Å²) in [5.74, 6) is -1.79. The van der Waals surface area contributed by atoms with E-state index in [0.29, 0.717) is 18.4 Å². The topological polar surface area (TPSA) is 105 Å². The first-order chi connectivity index (χ1) is 18.1. The van der Waals surface area contributed by atoms with Crippen molar-refractivity contribution in [2.45, 2.75) is 57.3 Å². The zero-order valence-electron chi connectivity index (χ0n) is 22.1. The quantitative estimate of drug-likeness (QED) is 0.294. The molecule has 3 N–H and O–H groups in total.